The van der Waals surface area contributed by atoms with E-state index in [1.165, 1.54) is 10.7 Å². The zero-order valence-corrected chi connectivity index (χ0v) is 15.6. The summed E-state index contributed by atoms with van der Waals surface area (Å²) in [5.74, 6) is -3.78. The third kappa shape index (κ3) is 6.50. The van der Waals surface area contributed by atoms with Crippen molar-refractivity contribution in [2.24, 2.45) is 0 Å². The first-order valence-corrected chi connectivity index (χ1v) is 9.09. The molecule has 27 heavy (non-hydrogen) atoms. The minimum Gasteiger partial charge on any atom is -0.366 e. The smallest absolute Gasteiger partial charge is 0.250 e. The Morgan fingerprint density at radius 1 is 1.11 bits per heavy atom. The second-order valence-electron chi connectivity index (χ2n) is 6.17. The minimum atomic E-state index is -2.54. The molecule has 0 radical (unpaired) electrons. The van der Waals surface area contributed by atoms with Gasteiger partial charge in [0.2, 0.25) is 0 Å². The Bertz CT molecular complexity index is 710. The van der Waals surface area contributed by atoms with Gasteiger partial charge >= 0.3 is 0 Å². The highest BCUT2D eigenvalue weighted by molar-refractivity contribution is 5.29. The van der Waals surface area contributed by atoms with Gasteiger partial charge in [0.05, 0.1) is 12.7 Å². The van der Waals surface area contributed by atoms with E-state index >= 15 is 0 Å². The summed E-state index contributed by atoms with van der Waals surface area (Å²) in [5, 5.41) is 11.0. The zero-order chi connectivity index (χ0) is 19.9. The summed E-state index contributed by atoms with van der Waals surface area (Å²) in [6.07, 6.45) is 1.46. The lowest BCUT2D eigenvalue weighted by molar-refractivity contribution is -0.0543. The maximum Gasteiger partial charge on any atom is 0.250 e. The van der Waals surface area contributed by atoms with Crippen LogP contribution in [-0.2, 0) is 6.54 Å². The standard InChI is InChI=1S/C16H19F4N5.C2H6/c17-13-2-1-12(9-14(13)18)10-25-11-15(22-23-25)21-5-8-24-6-3-16(19,20)4-7-24;1-2/h1-2,9,11,21H,3-8,10H2;1-2H3. The second-order valence-corrected chi connectivity index (χ2v) is 6.17. The highest BCUT2D eigenvalue weighted by Gasteiger charge is 2.33. The lowest BCUT2D eigenvalue weighted by Gasteiger charge is -2.31. The fraction of sp³-hybridized carbons (Fsp3) is 0.556. The molecule has 1 aliphatic rings. The van der Waals surface area contributed by atoms with Crippen LogP contribution in [0.15, 0.2) is 24.4 Å². The largest absolute Gasteiger partial charge is 0.366 e. The molecule has 0 amide bonds. The summed E-state index contributed by atoms with van der Waals surface area (Å²) < 4.78 is 53.8. The third-order valence-electron chi connectivity index (χ3n) is 4.19. The van der Waals surface area contributed by atoms with E-state index in [0.717, 1.165) is 12.1 Å². The number of halogens is 4. The summed E-state index contributed by atoms with van der Waals surface area (Å²) >= 11 is 0. The molecule has 1 aromatic heterocycles. The molecule has 0 aliphatic carbocycles. The van der Waals surface area contributed by atoms with Gasteiger partial charge in [-0.3, -0.25) is 0 Å². The van der Waals surface area contributed by atoms with Crippen LogP contribution in [0.1, 0.15) is 32.3 Å². The Kier molecular flexibility index (Phi) is 7.58. The van der Waals surface area contributed by atoms with Crippen LogP contribution in [0.4, 0.5) is 23.4 Å². The molecule has 0 saturated carbocycles. The number of benzene rings is 1. The molecule has 2 heterocycles. The highest BCUT2D eigenvalue weighted by atomic mass is 19.3. The maximum atomic E-state index is 13.2. The van der Waals surface area contributed by atoms with Crippen molar-refractivity contribution in [2.45, 2.75) is 39.2 Å². The molecule has 0 spiro atoms. The number of nitrogens with zero attached hydrogens (tertiary/aromatic N) is 4. The molecule has 1 saturated heterocycles. The monoisotopic (exact) mass is 387 g/mol. The van der Waals surface area contributed by atoms with Gasteiger partial charge in [-0.1, -0.05) is 25.1 Å². The number of hydrogen-bond donors (Lipinski definition) is 1. The SMILES string of the molecule is CC.Fc1ccc(Cn2cc(NCCN3CCC(F)(F)CC3)nn2)cc1F. The van der Waals surface area contributed by atoms with Crippen molar-refractivity contribution >= 4 is 5.82 Å². The molecule has 9 heteroatoms. The van der Waals surface area contributed by atoms with Crippen LogP contribution in [0.5, 0.6) is 0 Å². The number of alkyl halides is 2. The molecule has 5 nitrogen and oxygen atoms in total. The number of rotatable bonds is 6. The molecule has 3 rings (SSSR count). The number of piperidine rings is 1. The van der Waals surface area contributed by atoms with Gasteiger partial charge in [-0.25, -0.2) is 22.2 Å². The van der Waals surface area contributed by atoms with E-state index in [9.17, 15) is 17.6 Å². The van der Waals surface area contributed by atoms with E-state index in [-0.39, 0.29) is 19.4 Å². The summed E-state index contributed by atoms with van der Waals surface area (Å²) in [6, 6.07) is 3.68. The Balaban J connectivity index is 0.00000126. The maximum absolute atomic E-state index is 13.2. The van der Waals surface area contributed by atoms with Crippen molar-refractivity contribution in [3.8, 4) is 0 Å². The van der Waals surface area contributed by atoms with E-state index < -0.39 is 17.6 Å². The lowest BCUT2D eigenvalue weighted by Crippen LogP contribution is -2.41. The van der Waals surface area contributed by atoms with Crippen molar-refractivity contribution in [1.29, 1.82) is 0 Å². The van der Waals surface area contributed by atoms with Gasteiger partial charge in [0.1, 0.15) is 0 Å². The zero-order valence-electron chi connectivity index (χ0n) is 15.6. The molecule has 0 bridgehead atoms. The Morgan fingerprint density at radius 3 is 2.48 bits per heavy atom. The van der Waals surface area contributed by atoms with Crippen molar-refractivity contribution in [3.63, 3.8) is 0 Å². The Morgan fingerprint density at radius 2 is 1.81 bits per heavy atom. The van der Waals surface area contributed by atoms with E-state index in [4.69, 9.17) is 0 Å². The van der Waals surface area contributed by atoms with Gasteiger partial charge in [0.15, 0.2) is 17.5 Å². The van der Waals surface area contributed by atoms with Gasteiger partial charge in [-0.05, 0) is 17.7 Å². The molecule has 2 aromatic rings. The van der Waals surface area contributed by atoms with Crippen molar-refractivity contribution < 1.29 is 17.6 Å². The van der Waals surface area contributed by atoms with Crippen LogP contribution < -0.4 is 5.32 Å². The van der Waals surface area contributed by atoms with Crippen LogP contribution in [0, 0.1) is 11.6 Å². The van der Waals surface area contributed by atoms with Crippen LogP contribution in [0.3, 0.4) is 0 Å². The average molecular weight is 387 g/mol. The van der Waals surface area contributed by atoms with Crippen molar-refractivity contribution in [3.05, 3.63) is 41.6 Å². The molecular weight excluding hydrogens is 362 g/mol. The highest BCUT2D eigenvalue weighted by Crippen LogP contribution is 2.27. The van der Waals surface area contributed by atoms with Gasteiger partial charge in [0, 0.05) is 39.0 Å². The predicted octanol–water partition coefficient (Wildman–Crippen LogP) is 3.77. The fourth-order valence-electron chi connectivity index (χ4n) is 2.73. The summed E-state index contributed by atoms with van der Waals surface area (Å²) in [7, 11) is 0. The van der Waals surface area contributed by atoms with Gasteiger partial charge in [-0.15, -0.1) is 5.10 Å². The molecular formula is C18H25F4N5. The van der Waals surface area contributed by atoms with Crippen LogP contribution in [0.2, 0.25) is 0 Å². The van der Waals surface area contributed by atoms with Crippen LogP contribution in [-0.4, -0.2) is 52.0 Å². The number of likely N-dealkylation sites (tertiary alicyclic amines) is 1. The molecule has 0 atom stereocenters. The number of nitrogens with one attached hydrogen (secondary N) is 1. The van der Waals surface area contributed by atoms with E-state index in [2.05, 4.69) is 15.6 Å². The first-order valence-electron chi connectivity index (χ1n) is 9.09. The first kappa shape index (κ1) is 21.1. The summed E-state index contributed by atoms with van der Waals surface area (Å²) in [4.78, 5) is 1.98. The molecule has 0 unspecified atom stereocenters. The topological polar surface area (TPSA) is 46.0 Å². The van der Waals surface area contributed by atoms with Crippen LogP contribution in [0.25, 0.3) is 0 Å². The normalized spacial score (nSPS) is 16.5. The molecule has 150 valence electrons. The number of aromatic nitrogens is 3. The summed E-state index contributed by atoms with van der Waals surface area (Å²) in [6.45, 7) is 6.25. The molecule has 1 N–H and O–H groups in total. The predicted molar refractivity (Wildman–Crippen MR) is 95.9 cm³/mol. The molecule has 1 fully saturated rings. The minimum absolute atomic E-state index is 0.0998. The van der Waals surface area contributed by atoms with E-state index in [1.54, 1.807) is 6.20 Å². The van der Waals surface area contributed by atoms with Crippen LogP contribution >= 0.6 is 0 Å². The second kappa shape index (κ2) is 9.68. The Labute approximate surface area is 156 Å². The fourth-order valence-corrected chi connectivity index (χ4v) is 2.73. The lowest BCUT2D eigenvalue weighted by atomic mass is 10.1. The van der Waals surface area contributed by atoms with E-state index in [0.29, 0.717) is 37.6 Å². The molecule has 1 aliphatic heterocycles. The number of anilines is 1. The Hall–Kier alpha value is -2.16. The van der Waals surface area contributed by atoms with Gasteiger partial charge in [-0.2, -0.15) is 0 Å². The summed E-state index contributed by atoms with van der Waals surface area (Å²) in [5.41, 5.74) is 0.574. The average Bonchev–Trinajstić information content (AvgIpc) is 3.09. The van der Waals surface area contributed by atoms with E-state index in [1.807, 2.05) is 18.7 Å². The van der Waals surface area contributed by atoms with Gasteiger partial charge < -0.3 is 10.2 Å². The molecule has 1 aromatic carbocycles. The van der Waals surface area contributed by atoms with Crippen molar-refractivity contribution in [2.75, 3.05) is 31.5 Å². The van der Waals surface area contributed by atoms with Gasteiger partial charge in [0.25, 0.3) is 5.92 Å². The third-order valence-corrected chi connectivity index (χ3v) is 4.19. The first-order chi connectivity index (χ1) is 12.9. The number of hydrogen-bond acceptors (Lipinski definition) is 4. The van der Waals surface area contributed by atoms with Crippen molar-refractivity contribution in [1.82, 2.24) is 19.9 Å². The quantitative estimate of drug-likeness (QED) is 0.767.